The van der Waals surface area contributed by atoms with Gasteiger partial charge in [0.2, 0.25) is 5.91 Å². The molecule has 0 atom stereocenters. The first kappa shape index (κ1) is 20.7. The van der Waals surface area contributed by atoms with Crippen molar-refractivity contribution in [3.63, 3.8) is 0 Å². The summed E-state index contributed by atoms with van der Waals surface area (Å²) in [5.41, 5.74) is -1.23. The molecule has 1 aliphatic heterocycles. The van der Waals surface area contributed by atoms with Crippen LogP contribution in [0.2, 0.25) is 0 Å². The number of carbonyl (C=O) groups excluding carboxylic acids is 1. The highest BCUT2D eigenvalue weighted by atomic mass is 35.5. The van der Waals surface area contributed by atoms with Gasteiger partial charge < -0.3 is 15.4 Å². The zero-order valence-electron chi connectivity index (χ0n) is 13.6. The molecule has 0 unspecified atom stereocenters. The second kappa shape index (κ2) is 8.18. The van der Waals surface area contributed by atoms with Crippen molar-refractivity contribution in [2.75, 3.05) is 32.1 Å². The summed E-state index contributed by atoms with van der Waals surface area (Å²) < 4.78 is 44.1. The molecule has 24 heavy (non-hydrogen) atoms. The highest BCUT2D eigenvalue weighted by Gasteiger charge is 2.40. The van der Waals surface area contributed by atoms with E-state index in [1.54, 1.807) is 0 Å². The van der Waals surface area contributed by atoms with Crippen LogP contribution in [-0.4, -0.2) is 32.7 Å². The van der Waals surface area contributed by atoms with Crippen LogP contribution in [0.4, 0.5) is 18.9 Å². The Labute approximate surface area is 145 Å². The molecular weight excluding hydrogens is 345 g/mol. The number of nitrogens with one attached hydrogen (secondary N) is 2. The first-order valence-electron chi connectivity index (χ1n) is 7.48. The molecule has 0 aliphatic carbocycles. The molecule has 0 saturated carbocycles. The molecule has 1 amide bonds. The van der Waals surface area contributed by atoms with Crippen LogP contribution in [0.5, 0.6) is 0 Å². The lowest BCUT2D eigenvalue weighted by Gasteiger charge is -2.35. The molecular formula is C16H22ClF3N2O2. The fraction of sp³-hybridized carbons (Fsp3) is 0.562. The summed E-state index contributed by atoms with van der Waals surface area (Å²) in [5, 5.41) is 5.84. The number of methoxy groups -OCH3 is 1. The third-order valence-corrected chi connectivity index (χ3v) is 4.35. The first-order valence-corrected chi connectivity index (χ1v) is 7.48. The number of hydrogen-bond acceptors (Lipinski definition) is 3. The van der Waals surface area contributed by atoms with E-state index >= 15 is 0 Å². The van der Waals surface area contributed by atoms with Crippen LogP contribution in [0.15, 0.2) is 18.2 Å². The lowest BCUT2D eigenvalue weighted by atomic mass is 9.78. The van der Waals surface area contributed by atoms with Gasteiger partial charge in [0, 0.05) is 12.8 Å². The van der Waals surface area contributed by atoms with Crippen molar-refractivity contribution in [2.24, 2.45) is 5.41 Å². The Morgan fingerprint density at radius 1 is 1.33 bits per heavy atom. The molecule has 2 N–H and O–H groups in total. The van der Waals surface area contributed by atoms with E-state index in [4.69, 9.17) is 4.74 Å². The number of piperidine rings is 1. The van der Waals surface area contributed by atoms with Gasteiger partial charge in [0.1, 0.15) is 0 Å². The Kier molecular flexibility index (Phi) is 7.07. The van der Waals surface area contributed by atoms with Gasteiger partial charge in [-0.1, -0.05) is 6.07 Å². The van der Waals surface area contributed by atoms with Crippen LogP contribution < -0.4 is 10.6 Å². The number of halogens is 4. The first-order chi connectivity index (χ1) is 10.8. The third kappa shape index (κ3) is 4.40. The number of ether oxygens (including phenoxy) is 1. The molecule has 0 aromatic heterocycles. The zero-order valence-corrected chi connectivity index (χ0v) is 14.4. The van der Waals surface area contributed by atoms with Gasteiger partial charge >= 0.3 is 6.18 Å². The Bertz CT molecular complexity index is 567. The molecule has 1 aromatic carbocycles. The van der Waals surface area contributed by atoms with Crippen LogP contribution in [0, 0.1) is 12.3 Å². The van der Waals surface area contributed by atoms with Gasteiger partial charge in [0.25, 0.3) is 0 Å². The van der Waals surface area contributed by atoms with Gasteiger partial charge in [0.05, 0.1) is 17.6 Å². The van der Waals surface area contributed by atoms with Crippen molar-refractivity contribution in [3.8, 4) is 0 Å². The molecule has 1 aromatic rings. The average Bonchev–Trinajstić information content (AvgIpc) is 2.49. The van der Waals surface area contributed by atoms with E-state index in [-0.39, 0.29) is 36.2 Å². The number of hydrogen-bond donors (Lipinski definition) is 2. The molecule has 2 rings (SSSR count). The lowest BCUT2D eigenvalue weighted by Crippen LogP contribution is -2.47. The van der Waals surface area contributed by atoms with E-state index in [1.165, 1.54) is 26.2 Å². The summed E-state index contributed by atoms with van der Waals surface area (Å²) in [4.78, 5) is 12.7. The smallest absolute Gasteiger partial charge is 0.384 e. The van der Waals surface area contributed by atoms with Crippen molar-refractivity contribution in [1.82, 2.24) is 5.32 Å². The zero-order chi connectivity index (χ0) is 17.1. The molecule has 8 heteroatoms. The van der Waals surface area contributed by atoms with Crippen molar-refractivity contribution >= 4 is 24.0 Å². The van der Waals surface area contributed by atoms with Crippen molar-refractivity contribution < 1.29 is 22.7 Å². The Morgan fingerprint density at radius 3 is 2.50 bits per heavy atom. The second-order valence-electron chi connectivity index (χ2n) is 5.89. The van der Waals surface area contributed by atoms with Crippen LogP contribution in [0.1, 0.15) is 24.0 Å². The average molecular weight is 367 g/mol. The van der Waals surface area contributed by atoms with E-state index in [0.717, 1.165) is 6.07 Å². The number of alkyl halides is 3. The number of amides is 1. The standard InChI is InChI=1S/C16H21F3N2O2.ClH/c1-11-12(16(17,18)19)4-3-5-13(11)21-14(22)15(10-23-2)6-8-20-9-7-15;/h3-5,20H,6-10H2,1-2H3,(H,21,22);1H. The van der Waals surface area contributed by atoms with Crippen molar-refractivity contribution in [1.29, 1.82) is 0 Å². The minimum absolute atomic E-state index is 0. The SMILES string of the molecule is COCC1(C(=O)Nc2cccc(C(F)(F)F)c2C)CCNCC1.Cl. The van der Waals surface area contributed by atoms with Crippen LogP contribution in [0.3, 0.4) is 0 Å². The predicted octanol–water partition coefficient (Wildman–Crippen LogP) is 3.39. The van der Waals surface area contributed by atoms with E-state index in [0.29, 0.717) is 25.9 Å². The highest BCUT2D eigenvalue weighted by Crippen LogP contribution is 2.36. The summed E-state index contributed by atoms with van der Waals surface area (Å²) >= 11 is 0. The van der Waals surface area contributed by atoms with Crippen molar-refractivity contribution in [2.45, 2.75) is 25.9 Å². The van der Waals surface area contributed by atoms with Gasteiger partial charge in [0.15, 0.2) is 0 Å². The third-order valence-electron chi connectivity index (χ3n) is 4.35. The molecule has 0 bridgehead atoms. The van der Waals surface area contributed by atoms with Gasteiger partial charge in [-0.25, -0.2) is 0 Å². The Hall–Kier alpha value is -1.31. The Balaban J connectivity index is 0.00000288. The monoisotopic (exact) mass is 366 g/mol. The minimum atomic E-state index is -4.44. The molecule has 1 saturated heterocycles. The van der Waals surface area contributed by atoms with Crippen LogP contribution in [0.25, 0.3) is 0 Å². The van der Waals surface area contributed by atoms with E-state index < -0.39 is 17.2 Å². The summed E-state index contributed by atoms with van der Waals surface area (Å²) in [5.74, 6) is -0.289. The normalized spacial score (nSPS) is 17.0. The maximum atomic E-state index is 13.0. The lowest BCUT2D eigenvalue weighted by molar-refractivity contribution is -0.138. The second-order valence-corrected chi connectivity index (χ2v) is 5.89. The summed E-state index contributed by atoms with van der Waals surface area (Å²) in [7, 11) is 1.52. The van der Waals surface area contributed by atoms with Crippen molar-refractivity contribution in [3.05, 3.63) is 29.3 Å². The fourth-order valence-corrected chi connectivity index (χ4v) is 2.95. The van der Waals surface area contributed by atoms with Crippen LogP contribution in [-0.2, 0) is 15.7 Å². The number of anilines is 1. The summed E-state index contributed by atoms with van der Waals surface area (Å²) in [6, 6.07) is 3.81. The Morgan fingerprint density at radius 2 is 1.96 bits per heavy atom. The number of carbonyl (C=O) groups is 1. The molecule has 136 valence electrons. The quantitative estimate of drug-likeness (QED) is 0.858. The van der Waals surface area contributed by atoms with Gasteiger partial charge in [-0.2, -0.15) is 13.2 Å². The van der Waals surface area contributed by atoms with E-state index in [2.05, 4.69) is 10.6 Å². The highest BCUT2D eigenvalue weighted by molar-refractivity contribution is 5.96. The van der Waals surface area contributed by atoms with Gasteiger partial charge in [-0.15, -0.1) is 12.4 Å². The maximum Gasteiger partial charge on any atom is 0.416 e. The molecule has 1 aliphatic rings. The van der Waals surface area contributed by atoms with Gasteiger partial charge in [-0.3, -0.25) is 4.79 Å². The number of benzene rings is 1. The maximum absolute atomic E-state index is 13.0. The summed E-state index contributed by atoms with van der Waals surface area (Å²) in [6.45, 7) is 2.97. The molecule has 0 spiro atoms. The van der Waals surface area contributed by atoms with Gasteiger partial charge in [-0.05, 0) is 50.6 Å². The molecule has 1 fully saturated rings. The van der Waals surface area contributed by atoms with E-state index in [1.807, 2.05) is 0 Å². The molecule has 1 heterocycles. The van der Waals surface area contributed by atoms with E-state index in [9.17, 15) is 18.0 Å². The largest absolute Gasteiger partial charge is 0.416 e. The molecule has 0 radical (unpaired) electrons. The summed E-state index contributed by atoms with van der Waals surface area (Å²) in [6.07, 6.45) is -3.26. The van der Waals surface area contributed by atoms with Crippen LogP contribution >= 0.6 is 12.4 Å². The minimum Gasteiger partial charge on any atom is -0.384 e. The predicted molar refractivity (Wildman–Crippen MR) is 88.5 cm³/mol. The topological polar surface area (TPSA) is 50.4 Å². The fourth-order valence-electron chi connectivity index (χ4n) is 2.95. The number of rotatable bonds is 4. The molecule has 4 nitrogen and oxygen atoms in total.